The van der Waals surface area contributed by atoms with Gasteiger partial charge in [-0.25, -0.2) is 14.4 Å². The smallest absolute Gasteiger partial charge is 0.379 e. The lowest BCUT2D eigenvalue weighted by molar-refractivity contribution is 0.00819. The van der Waals surface area contributed by atoms with Gasteiger partial charge in [0.15, 0.2) is 0 Å². The molecule has 1 aromatic heterocycles. The van der Waals surface area contributed by atoms with Crippen LogP contribution in [0.15, 0.2) is 41.5 Å². The number of halogens is 5. The van der Waals surface area contributed by atoms with Crippen molar-refractivity contribution in [1.29, 1.82) is 0 Å². The molecule has 0 bridgehead atoms. The Morgan fingerprint density at radius 1 is 1.18 bits per heavy atom. The van der Waals surface area contributed by atoms with Crippen molar-refractivity contribution in [2.75, 3.05) is 13.8 Å². The topological polar surface area (TPSA) is 60.5 Å². The van der Waals surface area contributed by atoms with E-state index in [9.17, 15) is 22.0 Å². The Balaban J connectivity index is 0.000000583. The predicted molar refractivity (Wildman–Crippen MR) is 96.6 cm³/mol. The van der Waals surface area contributed by atoms with E-state index in [0.717, 1.165) is 11.1 Å². The third-order valence-corrected chi connectivity index (χ3v) is 3.52. The van der Waals surface area contributed by atoms with Crippen molar-refractivity contribution < 1.29 is 26.7 Å². The first-order chi connectivity index (χ1) is 13.4. The fourth-order valence-electron chi connectivity index (χ4n) is 2.38. The van der Waals surface area contributed by atoms with Crippen LogP contribution in [0, 0.1) is 18.2 Å². The number of aliphatic imine (C=N–C) groups is 1. The van der Waals surface area contributed by atoms with Gasteiger partial charge in [0.25, 0.3) is 6.02 Å². The summed E-state index contributed by atoms with van der Waals surface area (Å²) >= 11 is 0. The first-order valence-electron chi connectivity index (χ1n) is 7.89. The number of nitrogens with two attached hydrogens (primary N) is 1. The molecule has 0 amide bonds. The van der Waals surface area contributed by atoms with E-state index in [2.05, 4.69) is 15.9 Å². The van der Waals surface area contributed by atoms with Crippen LogP contribution in [-0.4, -0.2) is 31.5 Å². The molecule has 0 aliphatic carbocycles. The maximum Gasteiger partial charge on any atom is 0.379 e. The summed E-state index contributed by atoms with van der Waals surface area (Å²) < 4.78 is 57.7. The maximum atomic E-state index is 14.1. The van der Waals surface area contributed by atoms with E-state index in [0.29, 0.717) is 31.5 Å². The highest BCUT2D eigenvalue weighted by molar-refractivity contribution is 5.72. The van der Waals surface area contributed by atoms with Gasteiger partial charge in [-0.05, 0) is 23.8 Å². The standard InChI is InChI=1S/C17H14FN3O.CHF3.CH3F/c1-2-13-5-3-12(10-20-13)11-4-6-15(18)14(9-11)16-7-8-22-17(19)21-16;2-1(3)4;1-2/h1,3-6,9-10,16H,7-8H2,(H2,19,21);1H;1H3. The summed E-state index contributed by atoms with van der Waals surface area (Å²) in [6.07, 6.45) is 7.56. The Bertz CT molecular complexity index is 817. The lowest BCUT2D eigenvalue weighted by Gasteiger charge is -2.20. The molecule has 3 rings (SSSR count). The lowest BCUT2D eigenvalue weighted by atomic mass is 9.98. The van der Waals surface area contributed by atoms with E-state index in [-0.39, 0.29) is 17.9 Å². The second-order valence-corrected chi connectivity index (χ2v) is 5.18. The molecule has 4 nitrogen and oxygen atoms in total. The highest BCUT2D eigenvalue weighted by Gasteiger charge is 2.20. The molecule has 28 heavy (non-hydrogen) atoms. The Morgan fingerprint density at radius 2 is 1.82 bits per heavy atom. The third kappa shape index (κ3) is 6.87. The first kappa shape index (κ1) is 22.9. The summed E-state index contributed by atoms with van der Waals surface area (Å²) in [5.74, 6) is 2.16. The molecule has 1 unspecified atom stereocenters. The highest BCUT2D eigenvalue weighted by atomic mass is 19.4. The molecule has 1 aliphatic heterocycles. The van der Waals surface area contributed by atoms with E-state index in [1.54, 1.807) is 24.4 Å². The van der Waals surface area contributed by atoms with Gasteiger partial charge >= 0.3 is 6.68 Å². The van der Waals surface area contributed by atoms with Gasteiger partial charge in [0.1, 0.15) is 11.5 Å². The minimum Gasteiger partial charge on any atom is -0.465 e. The lowest BCUT2D eigenvalue weighted by Crippen LogP contribution is -2.24. The average molecular weight is 399 g/mol. The molecule has 0 spiro atoms. The number of hydrogen-bond donors (Lipinski definition) is 1. The van der Waals surface area contributed by atoms with E-state index in [1.165, 1.54) is 6.07 Å². The Morgan fingerprint density at radius 3 is 2.36 bits per heavy atom. The maximum absolute atomic E-state index is 14.1. The van der Waals surface area contributed by atoms with Crippen LogP contribution in [0.25, 0.3) is 11.1 Å². The molecule has 2 N–H and O–H groups in total. The zero-order valence-electron chi connectivity index (χ0n) is 14.9. The number of pyridine rings is 1. The second kappa shape index (κ2) is 11.5. The number of benzene rings is 1. The Hall–Kier alpha value is -3.15. The second-order valence-electron chi connectivity index (χ2n) is 5.18. The fraction of sp³-hybridized carbons (Fsp3) is 0.263. The number of terminal acetylenes is 1. The fourth-order valence-corrected chi connectivity index (χ4v) is 2.38. The van der Waals surface area contributed by atoms with Crippen molar-refractivity contribution in [1.82, 2.24) is 4.98 Å². The molecule has 0 saturated heterocycles. The van der Waals surface area contributed by atoms with Crippen LogP contribution in [-0.2, 0) is 4.74 Å². The van der Waals surface area contributed by atoms with Gasteiger partial charge < -0.3 is 10.5 Å². The molecular formula is C19H18F5N3O. The molecule has 9 heteroatoms. The van der Waals surface area contributed by atoms with Crippen molar-refractivity contribution in [2.45, 2.75) is 19.1 Å². The van der Waals surface area contributed by atoms with Crippen LogP contribution in [0.3, 0.4) is 0 Å². The Kier molecular flexibility index (Phi) is 9.43. The molecule has 0 saturated carbocycles. The van der Waals surface area contributed by atoms with Crippen molar-refractivity contribution in [3.05, 3.63) is 53.6 Å². The summed E-state index contributed by atoms with van der Waals surface area (Å²) in [6.45, 7) is -3.23. The van der Waals surface area contributed by atoms with Crippen LogP contribution in [0.4, 0.5) is 22.0 Å². The van der Waals surface area contributed by atoms with Crippen LogP contribution < -0.4 is 5.73 Å². The van der Waals surface area contributed by atoms with Gasteiger partial charge in [0.2, 0.25) is 0 Å². The van der Waals surface area contributed by atoms with Gasteiger partial charge in [-0.3, -0.25) is 4.39 Å². The molecule has 2 heterocycles. The molecule has 1 aromatic carbocycles. The van der Waals surface area contributed by atoms with Crippen molar-refractivity contribution >= 4 is 6.02 Å². The Labute approximate surface area is 159 Å². The average Bonchev–Trinajstić information content (AvgIpc) is 2.69. The van der Waals surface area contributed by atoms with Gasteiger partial charge in [0.05, 0.1) is 19.8 Å². The molecule has 1 atom stereocenters. The van der Waals surface area contributed by atoms with Crippen molar-refractivity contribution in [3.8, 4) is 23.5 Å². The minimum absolute atomic E-state index is 0.0982. The highest BCUT2D eigenvalue weighted by Crippen LogP contribution is 2.30. The minimum atomic E-state index is -3.67. The van der Waals surface area contributed by atoms with E-state index >= 15 is 0 Å². The number of rotatable bonds is 2. The molecular weight excluding hydrogens is 381 g/mol. The predicted octanol–water partition coefficient (Wildman–Crippen LogP) is 4.41. The molecule has 150 valence electrons. The zero-order chi connectivity index (χ0) is 21.1. The van der Waals surface area contributed by atoms with E-state index < -0.39 is 6.68 Å². The van der Waals surface area contributed by atoms with Gasteiger partial charge in [-0.15, -0.1) is 6.42 Å². The van der Waals surface area contributed by atoms with Crippen LogP contribution in [0.2, 0.25) is 0 Å². The first-order valence-corrected chi connectivity index (χ1v) is 7.89. The summed E-state index contributed by atoms with van der Waals surface area (Å²) in [4.78, 5) is 8.32. The van der Waals surface area contributed by atoms with Gasteiger partial charge in [0, 0.05) is 23.7 Å². The molecule has 0 fully saturated rings. The summed E-state index contributed by atoms with van der Waals surface area (Å²) in [5.41, 5.74) is 8.36. The molecule has 1 aliphatic rings. The molecule has 2 aromatic rings. The van der Waals surface area contributed by atoms with Crippen molar-refractivity contribution in [3.63, 3.8) is 0 Å². The van der Waals surface area contributed by atoms with Crippen LogP contribution >= 0.6 is 0 Å². The zero-order valence-corrected chi connectivity index (χ0v) is 14.9. The summed E-state index contributed by atoms with van der Waals surface area (Å²) in [5, 5.41) is 0. The monoisotopic (exact) mass is 399 g/mol. The van der Waals surface area contributed by atoms with E-state index in [1.807, 2.05) is 6.07 Å². The normalized spacial score (nSPS) is 15.1. The van der Waals surface area contributed by atoms with Crippen LogP contribution in [0.5, 0.6) is 0 Å². The third-order valence-electron chi connectivity index (χ3n) is 3.52. The largest absolute Gasteiger partial charge is 0.465 e. The van der Waals surface area contributed by atoms with Gasteiger partial charge in [-0.2, -0.15) is 13.2 Å². The summed E-state index contributed by atoms with van der Waals surface area (Å²) in [6, 6.07) is 8.30. The quantitative estimate of drug-likeness (QED) is 0.601. The number of amidine groups is 1. The number of ether oxygens (including phenoxy) is 1. The SMILES string of the molecule is C#Cc1ccc(-c2ccc(F)c(C3CCOC(N)=N3)c2)cn1.CF.FC(F)F. The summed E-state index contributed by atoms with van der Waals surface area (Å²) in [7, 11) is 0.500. The van der Waals surface area contributed by atoms with Crippen molar-refractivity contribution in [2.24, 2.45) is 10.7 Å². The molecule has 0 radical (unpaired) electrons. The van der Waals surface area contributed by atoms with Gasteiger partial charge in [-0.1, -0.05) is 18.1 Å². The van der Waals surface area contributed by atoms with E-state index in [4.69, 9.17) is 16.9 Å². The number of alkyl halides is 4. The number of aromatic nitrogens is 1. The number of hydrogen-bond acceptors (Lipinski definition) is 4. The van der Waals surface area contributed by atoms with Crippen LogP contribution in [0.1, 0.15) is 23.7 Å². The number of nitrogens with zero attached hydrogens (tertiary/aromatic N) is 2.